The number of nitrogens with zero attached hydrogens (tertiary/aromatic N) is 1. The van der Waals surface area contributed by atoms with Gasteiger partial charge in [0.05, 0.1) is 7.11 Å². The van der Waals surface area contributed by atoms with Crippen LogP contribution in [0.2, 0.25) is 0 Å². The highest BCUT2D eigenvalue weighted by Crippen LogP contribution is 2.29. The van der Waals surface area contributed by atoms with Crippen molar-refractivity contribution in [2.45, 2.75) is 33.1 Å². The average Bonchev–Trinajstić information content (AvgIpc) is 2.36. The van der Waals surface area contributed by atoms with Crippen LogP contribution in [0.25, 0.3) is 0 Å². The van der Waals surface area contributed by atoms with E-state index in [0.29, 0.717) is 5.41 Å². The van der Waals surface area contributed by atoms with Crippen LogP contribution in [0.3, 0.4) is 0 Å². The third kappa shape index (κ3) is 4.36. The Morgan fingerprint density at radius 2 is 2.07 bits per heavy atom. The van der Waals surface area contributed by atoms with Crippen LogP contribution in [-0.4, -0.2) is 31.1 Å². The number of hydrogen-bond acceptors (Lipinski definition) is 3. The molecule has 0 unspecified atom stereocenters. The fourth-order valence-corrected chi connectivity index (χ4v) is 1.83. The molecule has 0 aliphatic carbocycles. The molecule has 0 aromatic rings. The summed E-state index contributed by atoms with van der Waals surface area (Å²) < 4.78 is 4.56. The van der Waals surface area contributed by atoms with E-state index >= 15 is 0 Å². The van der Waals surface area contributed by atoms with Gasteiger partial charge in [0.25, 0.3) is 0 Å². The minimum Gasteiger partial charge on any atom is -0.466 e. The van der Waals surface area contributed by atoms with Crippen molar-refractivity contribution in [1.82, 2.24) is 4.90 Å². The zero-order chi connectivity index (χ0) is 11.3. The van der Waals surface area contributed by atoms with Crippen molar-refractivity contribution in [1.29, 1.82) is 0 Å². The molecule has 15 heavy (non-hydrogen) atoms. The van der Waals surface area contributed by atoms with Crippen molar-refractivity contribution in [2.75, 3.05) is 20.2 Å². The quantitative estimate of drug-likeness (QED) is 0.518. The van der Waals surface area contributed by atoms with E-state index in [2.05, 4.69) is 23.5 Å². The lowest BCUT2D eigenvalue weighted by Gasteiger charge is -2.22. The van der Waals surface area contributed by atoms with Gasteiger partial charge < -0.3 is 9.64 Å². The smallest absolute Gasteiger partial charge is 0.331 e. The van der Waals surface area contributed by atoms with E-state index < -0.39 is 0 Å². The van der Waals surface area contributed by atoms with Gasteiger partial charge in [-0.25, -0.2) is 4.79 Å². The van der Waals surface area contributed by atoms with E-state index in [0.717, 1.165) is 13.1 Å². The zero-order valence-electron chi connectivity index (χ0n) is 9.95. The molecule has 0 N–H and O–H groups in total. The maximum Gasteiger partial charge on any atom is 0.331 e. The van der Waals surface area contributed by atoms with Crippen LogP contribution in [0.1, 0.15) is 33.1 Å². The Labute approximate surface area is 92.1 Å². The first-order valence-corrected chi connectivity index (χ1v) is 5.54. The molecule has 0 radical (unpaired) electrons. The second-order valence-corrected chi connectivity index (χ2v) is 4.89. The second kappa shape index (κ2) is 5.19. The van der Waals surface area contributed by atoms with Crippen molar-refractivity contribution in [3.05, 3.63) is 12.3 Å². The number of ether oxygens (including phenoxy) is 1. The van der Waals surface area contributed by atoms with Crippen LogP contribution in [0.4, 0.5) is 0 Å². The standard InChI is InChI=1S/C12H21NO2/c1-12(2)6-4-8-13(10-7-12)9-5-11(14)15-3/h5,9H,4,6-8,10H2,1-3H3/b9-5+. The lowest BCUT2D eigenvalue weighted by molar-refractivity contribution is -0.134. The number of carbonyl (C=O) groups excluding carboxylic acids is 1. The first-order chi connectivity index (χ1) is 7.03. The first kappa shape index (κ1) is 12.1. The fraction of sp³-hybridized carbons (Fsp3) is 0.750. The lowest BCUT2D eigenvalue weighted by Crippen LogP contribution is -2.20. The monoisotopic (exact) mass is 211 g/mol. The van der Waals surface area contributed by atoms with E-state index in [-0.39, 0.29) is 5.97 Å². The second-order valence-electron chi connectivity index (χ2n) is 4.89. The van der Waals surface area contributed by atoms with Gasteiger partial charge in [-0.05, 0) is 24.7 Å². The maximum atomic E-state index is 10.9. The van der Waals surface area contributed by atoms with Gasteiger partial charge in [0.2, 0.25) is 0 Å². The average molecular weight is 211 g/mol. The van der Waals surface area contributed by atoms with E-state index in [9.17, 15) is 4.79 Å². The molecule has 3 heteroatoms. The largest absolute Gasteiger partial charge is 0.466 e. The highest BCUT2D eigenvalue weighted by atomic mass is 16.5. The molecule has 0 aromatic carbocycles. The Kier molecular flexibility index (Phi) is 4.18. The Hall–Kier alpha value is -0.990. The Morgan fingerprint density at radius 3 is 2.73 bits per heavy atom. The Bertz CT molecular complexity index is 246. The lowest BCUT2D eigenvalue weighted by atomic mass is 9.85. The van der Waals surface area contributed by atoms with Crippen molar-refractivity contribution in [2.24, 2.45) is 5.41 Å². The summed E-state index contributed by atoms with van der Waals surface area (Å²) in [6, 6.07) is 0. The van der Waals surface area contributed by atoms with Crippen LogP contribution < -0.4 is 0 Å². The number of carbonyl (C=O) groups is 1. The predicted octanol–water partition coefficient (Wildman–Crippen LogP) is 2.19. The molecule has 1 saturated heterocycles. The third-order valence-electron chi connectivity index (χ3n) is 3.00. The molecule has 0 atom stereocenters. The van der Waals surface area contributed by atoms with E-state index in [1.165, 1.54) is 32.4 Å². The topological polar surface area (TPSA) is 29.5 Å². The minimum atomic E-state index is -0.279. The Morgan fingerprint density at radius 1 is 1.33 bits per heavy atom. The summed E-state index contributed by atoms with van der Waals surface area (Å²) >= 11 is 0. The van der Waals surface area contributed by atoms with Crippen LogP contribution in [0.15, 0.2) is 12.3 Å². The third-order valence-corrected chi connectivity index (χ3v) is 3.00. The van der Waals surface area contributed by atoms with Gasteiger partial charge in [0.15, 0.2) is 0 Å². The van der Waals surface area contributed by atoms with Crippen molar-refractivity contribution in [3.63, 3.8) is 0 Å². The molecule has 0 amide bonds. The number of likely N-dealkylation sites (tertiary alicyclic amines) is 1. The van der Waals surface area contributed by atoms with Gasteiger partial charge in [-0.3, -0.25) is 0 Å². The van der Waals surface area contributed by atoms with Gasteiger partial charge >= 0.3 is 5.97 Å². The van der Waals surface area contributed by atoms with Gasteiger partial charge in [-0.15, -0.1) is 0 Å². The SMILES string of the molecule is COC(=O)/C=C/N1CCCC(C)(C)CC1. The van der Waals surface area contributed by atoms with Gasteiger partial charge in [-0.2, -0.15) is 0 Å². The molecule has 1 rings (SSSR count). The molecule has 86 valence electrons. The molecule has 0 bridgehead atoms. The molecule has 1 heterocycles. The van der Waals surface area contributed by atoms with Crippen molar-refractivity contribution >= 4 is 5.97 Å². The minimum absolute atomic E-state index is 0.279. The molecular weight excluding hydrogens is 190 g/mol. The summed E-state index contributed by atoms with van der Waals surface area (Å²) in [5, 5.41) is 0. The molecular formula is C12H21NO2. The molecule has 1 aliphatic heterocycles. The first-order valence-electron chi connectivity index (χ1n) is 5.54. The molecule has 0 spiro atoms. The van der Waals surface area contributed by atoms with E-state index in [1.807, 2.05) is 6.20 Å². The summed E-state index contributed by atoms with van der Waals surface area (Å²) in [5.74, 6) is -0.279. The molecule has 3 nitrogen and oxygen atoms in total. The van der Waals surface area contributed by atoms with Gasteiger partial charge in [-0.1, -0.05) is 13.8 Å². The highest BCUT2D eigenvalue weighted by Gasteiger charge is 2.21. The van der Waals surface area contributed by atoms with Gasteiger partial charge in [0, 0.05) is 25.4 Å². The number of hydrogen-bond donors (Lipinski definition) is 0. The highest BCUT2D eigenvalue weighted by molar-refractivity contribution is 5.81. The number of methoxy groups -OCH3 is 1. The molecule has 0 saturated carbocycles. The van der Waals surface area contributed by atoms with Crippen molar-refractivity contribution in [3.8, 4) is 0 Å². The summed E-state index contributed by atoms with van der Waals surface area (Å²) in [5.41, 5.74) is 0.438. The zero-order valence-corrected chi connectivity index (χ0v) is 9.95. The van der Waals surface area contributed by atoms with Crippen LogP contribution in [-0.2, 0) is 9.53 Å². The molecule has 1 fully saturated rings. The van der Waals surface area contributed by atoms with Crippen LogP contribution in [0.5, 0.6) is 0 Å². The van der Waals surface area contributed by atoms with E-state index in [1.54, 1.807) is 0 Å². The van der Waals surface area contributed by atoms with E-state index in [4.69, 9.17) is 0 Å². The Balaban J connectivity index is 2.44. The van der Waals surface area contributed by atoms with Crippen LogP contribution in [0, 0.1) is 5.41 Å². The number of rotatable bonds is 2. The molecule has 1 aliphatic rings. The van der Waals surface area contributed by atoms with Crippen molar-refractivity contribution < 1.29 is 9.53 Å². The maximum absolute atomic E-state index is 10.9. The summed E-state index contributed by atoms with van der Waals surface area (Å²) in [6.45, 7) is 6.68. The summed E-state index contributed by atoms with van der Waals surface area (Å²) in [6.07, 6.45) is 6.98. The normalized spacial score (nSPS) is 21.4. The van der Waals surface area contributed by atoms with Crippen LogP contribution >= 0.6 is 0 Å². The fourth-order valence-electron chi connectivity index (χ4n) is 1.83. The summed E-state index contributed by atoms with van der Waals surface area (Å²) in [4.78, 5) is 13.1. The molecule has 0 aromatic heterocycles. The summed E-state index contributed by atoms with van der Waals surface area (Å²) in [7, 11) is 1.40. The van der Waals surface area contributed by atoms with Gasteiger partial charge in [0.1, 0.15) is 0 Å². The predicted molar refractivity (Wildman–Crippen MR) is 60.4 cm³/mol. The number of esters is 1.